The summed E-state index contributed by atoms with van der Waals surface area (Å²) in [5.74, 6) is 0. The third-order valence-corrected chi connectivity index (χ3v) is 2.58. The summed E-state index contributed by atoms with van der Waals surface area (Å²) >= 11 is 8.13. The molecule has 58 valence electrons. The first-order chi connectivity index (χ1) is 5.25. The lowest BCUT2D eigenvalue weighted by Crippen LogP contribution is -1.93. The van der Waals surface area contributed by atoms with Gasteiger partial charge in [-0.3, -0.25) is 0 Å². The van der Waals surface area contributed by atoms with Gasteiger partial charge in [0.15, 0.2) is 0 Å². The van der Waals surface area contributed by atoms with Gasteiger partial charge in [-0.15, -0.1) is 0 Å². The summed E-state index contributed by atoms with van der Waals surface area (Å²) in [7, 11) is 0. The molecule has 1 aromatic rings. The van der Waals surface area contributed by atoms with Crippen LogP contribution in [-0.2, 0) is 0 Å². The molecule has 0 saturated carbocycles. The zero-order valence-corrected chi connectivity index (χ0v) is 8.50. The van der Waals surface area contributed by atoms with Gasteiger partial charge < -0.3 is 5.32 Å². The largest absolute Gasteiger partial charge is 0.352 e. The Labute approximate surface area is 79.9 Å². The zero-order chi connectivity index (χ0) is 8.27. The van der Waals surface area contributed by atoms with Gasteiger partial charge in [-0.05, 0) is 34.5 Å². The second-order valence-corrected chi connectivity index (χ2v) is 3.23. The molecule has 0 aliphatic rings. The molecule has 0 amide bonds. The fraction of sp³-hybridized carbons (Fsp3) is 0.125. The van der Waals surface area contributed by atoms with Crippen LogP contribution in [0.4, 0.5) is 5.69 Å². The van der Waals surface area contributed by atoms with Crippen LogP contribution < -0.4 is 5.32 Å². The van der Waals surface area contributed by atoms with E-state index in [0.717, 1.165) is 10.2 Å². The molecule has 0 aromatic heterocycles. The van der Waals surface area contributed by atoms with Crippen molar-refractivity contribution >= 4 is 39.3 Å². The van der Waals surface area contributed by atoms with Crippen LogP contribution in [0.5, 0.6) is 0 Å². The topological polar surface area (TPSA) is 12.0 Å². The number of thiocarbonyl (C=S) groups is 1. The van der Waals surface area contributed by atoms with Gasteiger partial charge in [-0.1, -0.05) is 24.4 Å². The zero-order valence-electron chi connectivity index (χ0n) is 6.10. The summed E-state index contributed by atoms with van der Waals surface area (Å²) in [6.07, 6.45) is 0. The highest BCUT2D eigenvalue weighted by Crippen LogP contribution is 2.24. The van der Waals surface area contributed by atoms with Crippen molar-refractivity contribution in [1.29, 1.82) is 0 Å². The predicted molar refractivity (Wildman–Crippen MR) is 56.2 cm³/mol. The second-order valence-electron chi connectivity index (χ2n) is 2.20. The van der Waals surface area contributed by atoms with Crippen molar-refractivity contribution in [3.8, 4) is 0 Å². The van der Waals surface area contributed by atoms with Crippen molar-refractivity contribution in [2.45, 2.75) is 6.92 Å². The van der Waals surface area contributed by atoms with E-state index in [1.165, 1.54) is 11.1 Å². The first-order valence-corrected chi connectivity index (χ1v) is 4.47. The number of hydrogen-bond acceptors (Lipinski definition) is 1. The molecule has 0 aliphatic heterocycles. The average Bonchev–Trinajstić information content (AvgIpc) is 1.99. The minimum absolute atomic E-state index is 1.01. The van der Waals surface area contributed by atoms with Crippen molar-refractivity contribution in [3.05, 3.63) is 28.2 Å². The Bertz CT molecular complexity index is 273. The van der Waals surface area contributed by atoms with Gasteiger partial charge in [0, 0.05) is 4.47 Å². The summed E-state index contributed by atoms with van der Waals surface area (Å²) in [6, 6.07) is 6.00. The number of benzene rings is 1. The standard InChI is InChI=1S/C8H8BrNS/c1-6-3-2-4-7(8(6)9)10-5-11/h2-5H,1H3,(H,10,11). The van der Waals surface area contributed by atoms with E-state index in [2.05, 4.69) is 33.5 Å². The minimum atomic E-state index is 1.01. The van der Waals surface area contributed by atoms with Crippen LogP contribution in [-0.4, -0.2) is 5.49 Å². The van der Waals surface area contributed by atoms with Gasteiger partial charge >= 0.3 is 0 Å². The molecule has 0 saturated heterocycles. The molecule has 1 rings (SSSR count). The molecule has 0 fully saturated rings. The number of rotatable bonds is 2. The molecule has 0 heterocycles. The lowest BCUT2D eigenvalue weighted by molar-refractivity contribution is 1.43. The maximum Gasteiger partial charge on any atom is 0.0659 e. The molecule has 0 atom stereocenters. The van der Waals surface area contributed by atoms with Gasteiger partial charge in [-0.25, -0.2) is 0 Å². The Morgan fingerprint density at radius 3 is 2.91 bits per heavy atom. The lowest BCUT2D eigenvalue weighted by Gasteiger charge is -2.04. The van der Waals surface area contributed by atoms with Crippen molar-refractivity contribution in [1.82, 2.24) is 0 Å². The van der Waals surface area contributed by atoms with E-state index in [4.69, 9.17) is 0 Å². The van der Waals surface area contributed by atoms with Crippen LogP contribution in [0.25, 0.3) is 0 Å². The summed E-state index contributed by atoms with van der Waals surface area (Å²) < 4.78 is 1.07. The van der Waals surface area contributed by atoms with Crippen LogP contribution in [0.1, 0.15) is 5.56 Å². The highest BCUT2D eigenvalue weighted by molar-refractivity contribution is 9.10. The fourth-order valence-corrected chi connectivity index (χ4v) is 1.33. The Morgan fingerprint density at radius 2 is 2.27 bits per heavy atom. The SMILES string of the molecule is Cc1cccc(NC=S)c1Br. The van der Waals surface area contributed by atoms with E-state index in [0.29, 0.717) is 0 Å². The van der Waals surface area contributed by atoms with Crippen molar-refractivity contribution in [2.75, 3.05) is 5.32 Å². The summed E-state index contributed by atoms with van der Waals surface area (Å²) in [6.45, 7) is 2.04. The number of hydrogen-bond donors (Lipinski definition) is 1. The van der Waals surface area contributed by atoms with E-state index >= 15 is 0 Å². The maximum atomic E-state index is 4.68. The second kappa shape index (κ2) is 3.83. The van der Waals surface area contributed by atoms with Crippen LogP contribution in [0, 0.1) is 6.92 Å². The molecule has 3 heteroatoms. The van der Waals surface area contributed by atoms with Crippen LogP contribution in [0.3, 0.4) is 0 Å². The first kappa shape index (κ1) is 8.68. The Morgan fingerprint density at radius 1 is 1.55 bits per heavy atom. The van der Waals surface area contributed by atoms with E-state index in [1.54, 1.807) is 0 Å². The van der Waals surface area contributed by atoms with E-state index in [9.17, 15) is 0 Å². The lowest BCUT2D eigenvalue weighted by atomic mass is 10.2. The Balaban J connectivity index is 3.05. The molecule has 1 N–H and O–H groups in total. The number of nitrogens with one attached hydrogen (secondary N) is 1. The number of anilines is 1. The molecular formula is C8H8BrNS. The van der Waals surface area contributed by atoms with E-state index < -0.39 is 0 Å². The monoisotopic (exact) mass is 229 g/mol. The average molecular weight is 230 g/mol. The molecule has 0 unspecified atom stereocenters. The van der Waals surface area contributed by atoms with Gasteiger partial charge in [0.05, 0.1) is 11.2 Å². The molecule has 1 aromatic carbocycles. The highest BCUT2D eigenvalue weighted by Gasteiger charge is 1.98. The smallest absolute Gasteiger partial charge is 0.0659 e. The third-order valence-electron chi connectivity index (χ3n) is 1.41. The summed E-state index contributed by atoms with van der Waals surface area (Å²) in [5.41, 5.74) is 3.71. The molecular weight excluding hydrogens is 222 g/mol. The van der Waals surface area contributed by atoms with Crippen molar-refractivity contribution < 1.29 is 0 Å². The molecule has 11 heavy (non-hydrogen) atoms. The van der Waals surface area contributed by atoms with Crippen LogP contribution in [0.15, 0.2) is 22.7 Å². The van der Waals surface area contributed by atoms with Crippen molar-refractivity contribution in [2.24, 2.45) is 0 Å². The van der Waals surface area contributed by atoms with Gasteiger partial charge in [0.1, 0.15) is 0 Å². The van der Waals surface area contributed by atoms with Crippen LogP contribution in [0.2, 0.25) is 0 Å². The van der Waals surface area contributed by atoms with Gasteiger partial charge in [-0.2, -0.15) is 0 Å². The summed E-state index contributed by atoms with van der Waals surface area (Å²) in [4.78, 5) is 0. The highest BCUT2D eigenvalue weighted by atomic mass is 79.9. The van der Waals surface area contributed by atoms with Gasteiger partial charge in [0.25, 0.3) is 0 Å². The minimum Gasteiger partial charge on any atom is -0.352 e. The van der Waals surface area contributed by atoms with Crippen molar-refractivity contribution in [3.63, 3.8) is 0 Å². The first-order valence-electron chi connectivity index (χ1n) is 3.21. The molecule has 0 spiro atoms. The molecule has 1 nitrogen and oxygen atoms in total. The maximum absolute atomic E-state index is 4.68. The number of halogens is 1. The summed E-state index contributed by atoms with van der Waals surface area (Å²) in [5, 5.41) is 2.96. The van der Waals surface area contributed by atoms with Gasteiger partial charge in [0.2, 0.25) is 0 Å². The van der Waals surface area contributed by atoms with Crippen LogP contribution >= 0.6 is 28.1 Å². The fourth-order valence-electron chi connectivity index (χ4n) is 0.822. The predicted octanol–water partition coefficient (Wildman–Crippen LogP) is 3.13. The third kappa shape index (κ3) is 2.01. The Hall–Kier alpha value is -0.410. The quantitative estimate of drug-likeness (QED) is 0.783. The molecule has 0 aliphatic carbocycles. The molecule has 0 radical (unpaired) electrons. The molecule has 0 bridgehead atoms. The Kier molecular flexibility index (Phi) is 3.02. The number of aryl methyl sites for hydroxylation is 1. The normalized spacial score (nSPS) is 9.27. The van der Waals surface area contributed by atoms with E-state index in [-0.39, 0.29) is 0 Å². The van der Waals surface area contributed by atoms with E-state index in [1.807, 2.05) is 25.1 Å².